The van der Waals surface area contributed by atoms with Gasteiger partial charge in [-0.1, -0.05) is 12.1 Å². The van der Waals surface area contributed by atoms with E-state index in [0.29, 0.717) is 6.54 Å². The van der Waals surface area contributed by atoms with E-state index in [-0.39, 0.29) is 11.8 Å². The molecule has 4 nitrogen and oxygen atoms in total. The highest BCUT2D eigenvalue weighted by Gasteiger charge is 1.96. The standard InChI is InChI=1S/C13H15FN4/c14-12-3-1-10(2-4-12)5-6-16-7-11-8-17-13(15)18-9-11/h1-4,8-9,16H,5-7H2,(H2,15,17,18). The van der Waals surface area contributed by atoms with Gasteiger partial charge in [-0.2, -0.15) is 0 Å². The molecule has 0 spiro atoms. The van der Waals surface area contributed by atoms with Gasteiger partial charge in [-0.3, -0.25) is 0 Å². The van der Waals surface area contributed by atoms with Gasteiger partial charge in [0.25, 0.3) is 0 Å². The molecule has 0 atom stereocenters. The number of nitrogen functional groups attached to an aromatic ring is 1. The van der Waals surface area contributed by atoms with Gasteiger partial charge in [-0.15, -0.1) is 0 Å². The zero-order valence-electron chi connectivity index (χ0n) is 9.94. The molecule has 0 aliphatic carbocycles. The van der Waals surface area contributed by atoms with Crippen molar-refractivity contribution < 1.29 is 4.39 Å². The minimum absolute atomic E-state index is 0.203. The number of hydrogen-bond donors (Lipinski definition) is 2. The Balaban J connectivity index is 1.73. The van der Waals surface area contributed by atoms with Crippen LogP contribution in [-0.2, 0) is 13.0 Å². The monoisotopic (exact) mass is 246 g/mol. The number of anilines is 1. The van der Waals surface area contributed by atoms with Crippen LogP contribution in [0.25, 0.3) is 0 Å². The van der Waals surface area contributed by atoms with Crippen LogP contribution in [-0.4, -0.2) is 16.5 Å². The summed E-state index contributed by atoms with van der Waals surface area (Å²) in [4.78, 5) is 7.82. The molecule has 2 aromatic rings. The van der Waals surface area contributed by atoms with Gasteiger partial charge >= 0.3 is 0 Å². The fraction of sp³-hybridized carbons (Fsp3) is 0.231. The molecule has 0 aliphatic rings. The number of nitrogens with zero attached hydrogens (tertiary/aromatic N) is 2. The highest BCUT2D eigenvalue weighted by Crippen LogP contribution is 2.03. The summed E-state index contributed by atoms with van der Waals surface area (Å²) < 4.78 is 12.7. The summed E-state index contributed by atoms with van der Waals surface area (Å²) in [7, 11) is 0. The van der Waals surface area contributed by atoms with Gasteiger partial charge in [0, 0.05) is 24.5 Å². The predicted octanol–water partition coefficient (Wildman–Crippen LogP) is 1.53. The minimum atomic E-state index is -0.203. The molecule has 1 aromatic carbocycles. The van der Waals surface area contributed by atoms with E-state index in [1.807, 2.05) is 0 Å². The molecule has 18 heavy (non-hydrogen) atoms. The summed E-state index contributed by atoms with van der Waals surface area (Å²) in [5, 5.41) is 3.27. The number of hydrogen-bond acceptors (Lipinski definition) is 4. The van der Waals surface area contributed by atoms with Crippen molar-refractivity contribution in [3.8, 4) is 0 Å². The molecule has 0 saturated carbocycles. The summed E-state index contributed by atoms with van der Waals surface area (Å²) in [6, 6.07) is 6.54. The van der Waals surface area contributed by atoms with E-state index < -0.39 is 0 Å². The molecule has 3 N–H and O–H groups in total. The Morgan fingerprint density at radius 3 is 2.39 bits per heavy atom. The minimum Gasteiger partial charge on any atom is -0.368 e. The van der Waals surface area contributed by atoms with Crippen LogP contribution in [0.1, 0.15) is 11.1 Å². The van der Waals surface area contributed by atoms with Gasteiger partial charge in [0.2, 0.25) is 5.95 Å². The van der Waals surface area contributed by atoms with E-state index in [1.165, 1.54) is 12.1 Å². The Hall–Kier alpha value is -2.01. The second-order valence-corrected chi connectivity index (χ2v) is 4.00. The Kier molecular flexibility index (Phi) is 4.20. The Bertz CT molecular complexity index is 434. The first-order valence-corrected chi connectivity index (χ1v) is 5.75. The molecule has 0 bridgehead atoms. The molecule has 1 aromatic heterocycles. The van der Waals surface area contributed by atoms with Crippen molar-refractivity contribution in [2.75, 3.05) is 12.3 Å². The van der Waals surface area contributed by atoms with Gasteiger partial charge < -0.3 is 11.1 Å². The number of nitrogens with one attached hydrogen (secondary N) is 1. The van der Waals surface area contributed by atoms with E-state index in [9.17, 15) is 4.39 Å². The maximum atomic E-state index is 12.7. The first-order chi connectivity index (χ1) is 8.74. The molecule has 0 saturated heterocycles. The van der Waals surface area contributed by atoms with Crippen LogP contribution in [0.3, 0.4) is 0 Å². The lowest BCUT2D eigenvalue weighted by Gasteiger charge is -2.04. The number of aromatic nitrogens is 2. The first kappa shape index (κ1) is 12.4. The van der Waals surface area contributed by atoms with E-state index in [0.717, 1.165) is 24.1 Å². The number of rotatable bonds is 5. The van der Waals surface area contributed by atoms with Crippen molar-refractivity contribution in [3.05, 3.63) is 53.6 Å². The predicted molar refractivity (Wildman–Crippen MR) is 68.3 cm³/mol. The molecule has 0 unspecified atom stereocenters. The Morgan fingerprint density at radius 2 is 1.72 bits per heavy atom. The summed E-state index contributed by atoms with van der Waals surface area (Å²) in [6.45, 7) is 1.51. The van der Waals surface area contributed by atoms with Crippen molar-refractivity contribution in [2.24, 2.45) is 0 Å². The molecule has 1 heterocycles. The fourth-order valence-corrected chi connectivity index (χ4v) is 1.57. The maximum Gasteiger partial charge on any atom is 0.219 e. The summed E-state index contributed by atoms with van der Waals surface area (Å²) in [6.07, 6.45) is 4.26. The molecular formula is C13H15FN4. The largest absolute Gasteiger partial charge is 0.368 e. The third kappa shape index (κ3) is 3.78. The molecule has 0 amide bonds. The van der Waals surface area contributed by atoms with Crippen LogP contribution in [0.5, 0.6) is 0 Å². The van der Waals surface area contributed by atoms with Crippen LogP contribution in [0.4, 0.5) is 10.3 Å². The SMILES string of the molecule is Nc1ncc(CNCCc2ccc(F)cc2)cn1. The number of halogens is 1. The van der Waals surface area contributed by atoms with Crippen LogP contribution >= 0.6 is 0 Å². The van der Waals surface area contributed by atoms with Crippen molar-refractivity contribution in [1.82, 2.24) is 15.3 Å². The van der Waals surface area contributed by atoms with Crippen molar-refractivity contribution in [1.29, 1.82) is 0 Å². The average Bonchev–Trinajstić information content (AvgIpc) is 2.39. The smallest absolute Gasteiger partial charge is 0.219 e. The van der Waals surface area contributed by atoms with Gasteiger partial charge in [0.05, 0.1) is 0 Å². The quantitative estimate of drug-likeness (QED) is 0.785. The Labute approximate surface area is 105 Å². The van der Waals surface area contributed by atoms with Gasteiger partial charge in [0.1, 0.15) is 5.82 Å². The van der Waals surface area contributed by atoms with E-state index >= 15 is 0 Å². The Morgan fingerprint density at radius 1 is 1.06 bits per heavy atom. The van der Waals surface area contributed by atoms with Crippen LogP contribution < -0.4 is 11.1 Å². The third-order valence-corrected chi connectivity index (χ3v) is 2.56. The highest BCUT2D eigenvalue weighted by atomic mass is 19.1. The lowest BCUT2D eigenvalue weighted by Crippen LogP contribution is -2.17. The average molecular weight is 246 g/mol. The maximum absolute atomic E-state index is 12.7. The lowest BCUT2D eigenvalue weighted by molar-refractivity contribution is 0.626. The lowest BCUT2D eigenvalue weighted by atomic mass is 10.1. The molecular weight excluding hydrogens is 231 g/mol. The highest BCUT2D eigenvalue weighted by molar-refractivity contribution is 5.17. The van der Waals surface area contributed by atoms with E-state index in [4.69, 9.17) is 5.73 Å². The van der Waals surface area contributed by atoms with Gasteiger partial charge in [-0.25, -0.2) is 14.4 Å². The molecule has 2 rings (SSSR count). The first-order valence-electron chi connectivity index (χ1n) is 5.75. The molecule has 5 heteroatoms. The molecule has 0 aliphatic heterocycles. The van der Waals surface area contributed by atoms with Crippen molar-refractivity contribution >= 4 is 5.95 Å². The van der Waals surface area contributed by atoms with E-state index in [2.05, 4.69) is 15.3 Å². The second kappa shape index (κ2) is 6.07. The van der Waals surface area contributed by atoms with Crippen molar-refractivity contribution in [3.63, 3.8) is 0 Å². The van der Waals surface area contributed by atoms with Crippen LogP contribution in [0, 0.1) is 5.82 Å². The molecule has 94 valence electrons. The van der Waals surface area contributed by atoms with Gasteiger partial charge in [0.15, 0.2) is 0 Å². The van der Waals surface area contributed by atoms with Crippen molar-refractivity contribution in [2.45, 2.75) is 13.0 Å². The van der Waals surface area contributed by atoms with Gasteiger partial charge in [-0.05, 0) is 30.7 Å². The zero-order chi connectivity index (χ0) is 12.8. The number of benzene rings is 1. The van der Waals surface area contributed by atoms with Crippen LogP contribution in [0.2, 0.25) is 0 Å². The summed E-state index contributed by atoms with van der Waals surface area (Å²) >= 11 is 0. The molecule has 0 radical (unpaired) electrons. The number of nitrogens with two attached hydrogens (primary N) is 1. The molecule has 0 fully saturated rings. The van der Waals surface area contributed by atoms with E-state index in [1.54, 1.807) is 24.5 Å². The second-order valence-electron chi connectivity index (χ2n) is 4.00. The third-order valence-electron chi connectivity index (χ3n) is 2.56. The topological polar surface area (TPSA) is 63.8 Å². The summed E-state index contributed by atoms with van der Waals surface area (Å²) in [5.74, 6) is 0.0794. The fourth-order valence-electron chi connectivity index (χ4n) is 1.57. The zero-order valence-corrected chi connectivity index (χ0v) is 9.94. The van der Waals surface area contributed by atoms with Crippen LogP contribution in [0.15, 0.2) is 36.7 Å². The summed E-state index contributed by atoms with van der Waals surface area (Å²) in [5.41, 5.74) is 7.49. The normalized spacial score (nSPS) is 10.5.